The number of aliphatic imine (C=N–C) groups is 1. The van der Waals surface area contributed by atoms with Crippen molar-refractivity contribution in [1.29, 1.82) is 0 Å². The molecule has 1 aromatic rings. The van der Waals surface area contributed by atoms with Crippen LogP contribution in [0.15, 0.2) is 64.2 Å². The maximum atomic E-state index is 12.9. The van der Waals surface area contributed by atoms with Crippen molar-refractivity contribution >= 4 is 11.6 Å². The monoisotopic (exact) mass is 310 g/mol. The van der Waals surface area contributed by atoms with Gasteiger partial charge in [0.2, 0.25) is 0 Å². The van der Waals surface area contributed by atoms with Gasteiger partial charge in [-0.05, 0) is 43.2 Å². The summed E-state index contributed by atoms with van der Waals surface area (Å²) in [6.45, 7) is 5.11. The zero-order valence-corrected chi connectivity index (χ0v) is 13.3. The van der Waals surface area contributed by atoms with Gasteiger partial charge in [-0.3, -0.25) is 4.79 Å². The number of nitrogens with one attached hydrogen (secondary N) is 1. The van der Waals surface area contributed by atoms with Crippen LogP contribution in [0, 0.1) is 11.7 Å². The van der Waals surface area contributed by atoms with Crippen molar-refractivity contribution in [3.63, 3.8) is 0 Å². The largest absolute Gasteiger partial charge is 0.308 e. The fourth-order valence-electron chi connectivity index (χ4n) is 2.91. The van der Waals surface area contributed by atoms with Crippen LogP contribution in [0.5, 0.6) is 0 Å². The highest BCUT2D eigenvalue weighted by Crippen LogP contribution is 2.27. The molecule has 0 radical (unpaired) electrons. The van der Waals surface area contributed by atoms with Crippen molar-refractivity contribution in [3.05, 3.63) is 70.6 Å². The first-order valence-corrected chi connectivity index (χ1v) is 7.68. The van der Waals surface area contributed by atoms with Gasteiger partial charge in [-0.25, -0.2) is 9.38 Å². The first-order chi connectivity index (χ1) is 11.0. The molecule has 0 saturated heterocycles. The van der Waals surface area contributed by atoms with Gasteiger partial charge in [0, 0.05) is 24.6 Å². The Morgan fingerprint density at radius 2 is 1.87 bits per heavy atom. The van der Waals surface area contributed by atoms with Gasteiger partial charge < -0.3 is 5.32 Å². The van der Waals surface area contributed by atoms with E-state index in [1.807, 2.05) is 19.1 Å². The number of hydrogen-bond acceptors (Lipinski definition) is 2. The zero-order valence-electron chi connectivity index (χ0n) is 13.3. The van der Waals surface area contributed by atoms with Gasteiger partial charge in [-0.1, -0.05) is 29.9 Å². The number of benzene rings is 1. The maximum absolute atomic E-state index is 12.9. The third-order valence-corrected chi connectivity index (χ3v) is 4.07. The second kappa shape index (κ2) is 6.42. The summed E-state index contributed by atoms with van der Waals surface area (Å²) in [6, 6.07) is 6.33. The average Bonchev–Trinajstić information content (AvgIpc) is 2.50. The molecular weight excluding hydrogens is 291 g/mol. The molecule has 0 spiro atoms. The highest BCUT2D eigenvalue weighted by molar-refractivity contribution is 6.14. The molecule has 0 bridgehead atoms. The molecule has 118 valence electrons. The summed E-state index contributed by atoms with van der Waals surface area (Å²) < 4.78 is 12.9. The van der Waals surface area contributed by atoms with E-state index in [1.165, 1.54) is 17.7 Å². The lowest BCUT2D eigenvalue weighted by Crippen LogP contribution is -2.27. The molecule has 3 rings (SSSR count). The minimum Gasteiger partial charge on any atom is -0.308 e. The fraction of sp³-hybridized carbons (Fsp3) is 0.263. The van der Waals surface area contributed by atoms with Crippen LogP contribution in [0.25, 0.3) is 0 Å². The number of dihydropyridines is 1. The quantitative estimate of drug-likeness (QED) is 0.926. The summed E-state index contributed by atoms with van der Waals surface area (Å²) in [5.41, 5.74) is 4.81. The van der Waals surface area contributed by atoms with E-state index in [2.05, 4.69) is 23.3 Å². The number of fused-ring (bicyclic) bond motifs is 1. The molecule has 0 fully saturated rings. The smallest absolute Gasteiger partial charge is 0.274 e. The van der Waals surface area contributed by atoms with E-state index in [1.54, 1.807) is 12.1 Å². The third-order valence-electron chi connectivity index (χ3n) is 4.07. The van der Waals surface area contributed by atoms with Crippen molar-refractivity contribution in [2.45, 2.75) is 20.4 Å². The van der Waals surface area contributed by atoms with Crippen molar-refractivity contribution in [3.8, 4) is 0 Å². The van der Waals surface area contributed by atoms with Crippen molar-refractivity contribution in [1.82, 2.24) is 5.32 Å². The van der Waals surface area contributed by atoms with Gasteiger partial charge in [0.25, 0.3) is 5.91 Å². The van der Waals surface area contributed by atoms with Gasteiger partial charge in [-0.2, -0.15) is 0 Å². The first-order valence-electron chi connectivity index (χ1n) is 7.68. The second-order valence-corrected chi connectivity index (χ2v) is 6.02. The molecule has 1 aliphatic heterocycles. The number of carbonyl (C=O) groups is 1. The van der Waals surface area contributed by atoms with Crippen LogP contribution in [-0.4, -0.2) is 18.2 Å². The summed E-state index contributed by atoms with van der Waals surface area (Å²) in [5, 5.41) is 3.22. The number of allylic oxidation sites excluding steroid dienone is 5. The van der Waals surface area contributed by atoms with Gasteiger partial charge in [0.15, 0.2) is 0 Å². The SMILES string of the molecule is CC1=CC2=NC(=O)C(CNCc3ccc(F)cc3)=CC2C(C)=C1. The number of amides is 1. The number of rotatable bonds is 4. The Bertz CT molecular complexity index is 754. The lowest BCUT2D eigenvalue weighted by molar-refractivity contribution is -0.114. The predicted molar refractivity (Wildman–Crippen MR) is 89.6 cm³/mol. The molecule has 1 aromatic carbocycles. The minimum absolute atomic E-state index is 0.0963. The number of halogens is 1. The Labute approximate surface area is 135 Å². The summed E-state index contributed by atoms with van der Waals surface area (Å²) in [5.74, 6) is -0.329. The van der Waals surface area contributed by atoms with Gasteiger partial charge >= 0.3 is 0 Å². The van der Waals surface area contributed by atoms with E-state index in [0.717, 1.165) is 16.8 Å². The maximum Gasteiger partial charge on any atom is 0.274 e. The van der Waals surface area contributed by atoms with Crippen molar-refractivity contribution in [2.24, 2.45) is 10.9 Å². The van der Waals surface area contributed by atoms with E-state index in [9.17, 15) is 9.18 Å². The fourth-order valence-corrected chi connectivity index (χ4v) is 2.91. The zero-order chi connectivity index (χ0) is 16.4. The Kier molecular flexibility index (Phi) is 4.35. The lowest BCUT2D eigenvalue weighted by Gasteiger charge is -2.24. The number of nitrogens with zero attached hydrogens (tertiary/aromatic N) is 1. The van der Waals surface area contributed by atoms with Gasteiger partial charge in [-0.15, -0.1) is 0 Å². The molecule has 1 amide bonds. The third kappa shape index (κ3) is 3.54. The Morgan fingerprint density at radius 3 is 2.61 bits per heavy atom. The van der Waals surface area contributed by atoms with Crippen molar-refractivity contribution < 1.29 is 9.18 Å². The average molecular weight is 310 g/mol. The van der Waals surface area contributed by atoms with E-state index in [0.29, 0.717) is 18.7 Å². The summed E-state index contributed by atoms with van der Waals surface area (Å²) in [4.78, 5) is 16.4. The van der Waals surface area contributed by atoms with E-state index in [-0.39, 0.29) is 17.6 Å². The molecular formula is C19H19FN2O. The van der Waals surface area contributed by atoms with Crippen LogP contribution in [0.1, 0.15) is 19.4 Å². The summed E-state index contributed by atoms with van der Waals surface area (Å²) >= 11 is 0. The Morgan fingerprint density at radius 1 is 1.13 bits per heavy atom. The van der Waals surface area contributed by atoms with E-state index >= 15 is 0 Å². The molecule has 2 aliphatic rings. The van der Waals surface area contributed by atoms with Crippen LogP contribution < -0.4 is 5.32 Å². The van der Waals surface area contributed by atoms with Gasteiger partial charge in [0.05, 0.1) is 5.71 Å². The van der Waals surface area contributed by atoms with Gasteiger partial charge in [0.1, 0.15) is 5.82 Å². The number of carbonyl (C=O) groups excluding carboxylic acids is 1. The molecule has 23 heavy (non-hydrogen) atoms. The molecule has 1 N–H and O–H groups in total. The van der Waals surface area contributed by atoms with E-state index < -0.39 is 0 Å². The normalized spacial score (nSPS) is 20.3. The first kappa shape index (κ1) is 15.6. The van der Waals surface area contributed by atoms with Crippen LogP contribution in [0.4, 0.5) is 4.39 Å². The standard InChI is InChI=1S/C19H19FN2O/c1-12-7-13(2)17-9-15(19(23)22-18(17)8-12)11-21-10-14-3-5-16(20)6-4-14/h3-9,17,21H,10-11H2,1-2H3. The Hall–Kier alpha value is -2.33. The Balaban J connectivity index is 1.65. The highest BCUT2D eigenvalue weighted by atomic mass is 19.1. The molecule has 4 heteroatoms. The van der Waals surface area contributed by atoms with Crippen LogP contribution >= 0.6 is 0 Å². The molecule has 0 saturated carbocycles. The summed E-state index contributed by atoms with van der Waals surface area (Å²) in [6.07, 6.45) is 6.09. The number of hydrogen-bond donors (Lipinski definition) is 1. The second-order valence-electron chi connectivity index (χ2n) is 6.02. The van der Waals surface area contributed by atoms with Crippen LogP contribution in [0.2, 0.25) is 0 Å². The predicted octanol–water partition coefficient (Wildman–Crippen LogP) is 3.35. The van der Waals surface area contributed by atoms with E-state index in [4.69, 9.17) is 0 Å². The molecule has 0 aromatic heterocycles. The topological polar surface area (TPSA) is 41.5 Å². The lowest BCUT2D eigenvalue weighted by atomic mass is 9.84. The molecule has 1 atom stereocenters. The highest BCUT2D eigenvalue weighted by Gasteiger charge is 2.25. The molecule has 1 aliphatic carbocycles. The molecule has 3 nitrogen and oxygen atoms in total. The molecule has 1 heterocycles. The van der Waals surface area contributed by atoms with Crippen LogP contribution in [-0.2, 0) is 11.3 Å². The van der Waals surface area contributed by atoms with Crippen LogP contribution in [0.3, 0.4) is 0 Å². The minimum atomic E-state index is -0.247. The van der Waals surface area contributed by atoms with Crippen molar-refractivity contribution in [2.75, 3.05) is 6.54 Å². The molecule has 1 unspecified atom stereocenters. The summed E-state index contributed by atoms with van der Waals surface area (Å²) in [7, 11) is 0.